The van der Waals surface area contributed by atoms with Gasteiger partial charge in [-0.25, -0.2) is 0 Å². The second-order valence-corrected chi connectivity index (χ2v) is 4.08. The van der Waals surface area contributed by atoms with Gasteiger partial charge in [-0.15, -0.1) is 0 Å². The van der Waals surface area contributed by atoms with Crippen LogP contribution in [0.15, 0.2) is 12.1 Å². The quantitative estimate of drug-likeness (QED) is 0.832. The average Bonchev–Trinajstić information content (AvgIpc) is 2.35. The molecule has 0 heterocycles. The molecule has 2 N–H and O–H groups in total. The van der Waals surface area contributed by atoms with E-state index in [9.17, 15) is 9.90 Å². The predicted octanol–water partition coefficient (Wildman–Crippen LogP) is 2.26. The number of carboxylic acid groups (broad SMARTS) is 1. The molecule has 0 amide bonds. The minimum Gasteiger partial charge on any atom is -0.493 e. The molecule has 5 nitrogen and oxygen atoms in total. The molecule has 0 aliphatic carbocycles. The first kappa shape index (κ1) is 14.6. The molecular formula is C12H15ClO5. The third-order valence-electron chi connectivity index (χ3n) is 2.49. The van der Waals surface area contributed by atoms with Crippen molar-refractivity contribution in [3.05, 3.63) is 22.7 Å². The van der Waals surface area contributed by atoms with Gasteiger partial charge in [0, 0.05) is 18.1 Å². The van der Waals surface area contributed by atoms with Crippen LogP contribution in [0.4, 0.5) is 0 Å². The summed E-state index contributed by atoms with van der Waals surface area (Å²) < 4.78 is 10.2. The Hall–Kier alpha value is -1.46. The summed E-state index contributed by atoms with van der Waals surface area (Å²) in [6, 6.07) is 3.08. The first-order valence-electron chi connectivity index (χ1n) is 5.30. The average molecular weight is 275 g/mol. The third-order valence-corrected chi connectivity index (χ3v) is 2.82. The van der Waals surface area contributed by atoms with Crippen LogP contribution in [0, 0.1) is 0 Å². The Morgan fingerprint density at radius 3 is 2.39 bits per heavy atom. The molecule has 6 heteroatoms. The molecule has 1 unspecified atom stereocenters. The molecule has 0 saturated heterocycles. The van der Waals surface area contributed by atoms with Gasteiger partial charge in [-0.3, -0.25) is 4.79 Å². The number of aliphatic hydroxyl groups excluding tert-OH is 1. The van der Waals surface area contributed by atoms with Crippen molar-refractivity contribution in [3.63, 3.8) is 0 Å². The van der Waals surface area contributed by atoms with Gasteiger partial charge in [0.1, 0.15) is 0 Å². The summed E-state index contributed by atoms with van der Waals surface area (Å²) in [7, 11) is 2.95. The topological polar surface area (TPSA) is 76.0 Å². The van der Waals surface area contributed by atoms with E-state index in [-0.39, 0.29) is 12.8 Å². The Balaban J connectivity index is 2.97. The Kier molecular flexibility index (Phi) is 5.25. The molecule has 100 valence electrons. The third kappa shape index (κ3) is 3.51. The molecule has 0 bridgehead atoms. The van der Waals surface area contributed by atoms with E-state index < -0.39 is 12.1 Å². The van der Waals surface area contributed by atoms with Crippen molar-refractivity contribution in [2.45, 2.75) is 18.9 Å². The number of methoxy groups -OCH3 is 2. The van der Waals surface area contributed by atoms with E-state index in [1.54, 1.807) is 6.07 Å². The van der Waals surface area contributed by atoms with Crippen molar-refractivity contribution in [1.29, 1.82) is 0 Å². The Morgan fingerprint density at radius 1 is 1.33 bits per heavy atom. The van der Waals surface area contributed by atoms with E-state index in [4.69, 9.17) is 26.2 Å². The van der Waals surface area contributed by atoms with Gasteiger partial charge in [-0.05, 0) is 12.5 Å². The Morgan fingerprint density at radius 2 is 1.89 bits per heavy atom. The van der Waals surface area contributed by atoms with Gasteiger partial charge in [0.25, 0.3) is 0 Å². The molecule has 1 aromatic rings. The second kappa shape index (κ2) is 6.47. The molecular weight excluding hydrogens is 260 g/mol. The molecule has 0 fully saturated rings. The van der Waals surface area contributed by atoms with Crippen LogP contribution in [-0.2, 0) is 4.79 Å². The normalized spacial score (nSPS) is 12.0. The smallest absolute Gasteiger partial charge is 0.303 e. The lowest BCUT2D eigenvalue weighted by molar-refractivity contribution is -0.137. The number of carboxylic acids is 1. The predicted molar refractivity (Wildman–Crippen MR) is 66.4 cm³/mol. The number of aliphatic carboxylic acids is 1. The van der Waals surface area contributed by atoms with E-state index in [1.807, 2.05) is 0 Å². The molecule has 1 rings (SSSR count). The maximum atomic E-state index is 10.5. The summed E-state index contributed by atoms with van der Waals surface area (Å²) in [5.41, 5.74) is 0.426. The van der Waals surface area contributed by atoms with Crippen molar-refractivity contribution in [1.82, 2.24) is 0 Å². The van der Waals surface area contributed by atoms with Gasteiger partial charge >= 0.3 is 5.97 Å². The number of halogens is 1. The molecule has 0 aliphatic heterocycles. The Labute approximate surface area is 110 Å². The Bertz CT molecular complexity index is 433. The minimum atomic E-state index is -0.967. The van der Waals surface area contributed by atoms with Crippen LogP contribution in [0.2, 0.25) is 5.02 Å². The van der Waals surface area contributed by atoms with E-state index >= 15 is 0 Å². The summed E-state index contributed by atoms with van der Waals surface area (Å²) >= 11 is 6.00. The highest BCUT2D eigenvalue weighted by atomic mass is 35.5. The van der Waals surface area contributed by atoms with Crippen LogP contribution in [0.25, 0.3) is 0 Å². The van der Waals surface area contributed by atoms with E-state index in [2.05, 4.69) is 0 Å². The maximum absolute atomic E-state index is 10.5. The number of ether oxygens (including phenoxy) is 2. The molecule has 0 aromatic heterocycles. The van der Waals surface area contributed by atoms with Gasteiger partial charge in [0.05, 0.1) is 25.3 Å². The molecule has 0 spiro atoms. The zero-order valence-corrected chi connectivity index (χ0v) is 10.9. The summed E-state index contributed by atoms with van der Waals surface area (Å²) in [6.45, 7) is 0. The second-order valence-electron chi connectivity index (χ2n) is 3.68. The summed E-state index contributed by atoms with van der Waals surface area (Å²) in [5, 5.41) is 18.8. The van der Waals surface area contributed by atoms with Crippen LogP contribution in [0.5, 0.6) is 11.5 Å². The van der Waals surface area contributed by atoms with Crippen LogP contribution < -0.4 is 9.47 Å². The number of carbonyl (C=O) groups is 1. The van der Waals surface area contributed by atoms with Crippen molar-refractivity contribution in [2.24, 2.45) is 0 Å². The maximum Gasteiger partial charge on any atom is 0.303 e. The van der Waals surface area contributed by atoms with Gasteiger partial charge in [0.15, 0.2) is 11.5 Å². The van der Waals surface area contributed by atoms with Gasteiger partial charge in [-0.2, -0.15) is 0 Å². The van der Waals surface area contributed by atoms with E-state index in [1.165, 1.54) is 20.3 Å². The number of hydrogen-bond acceptors (Lipinski definition) is 4. The summed E-state index contributed by atoms with van der Waals surface area (Å²) in [5.74, 6) is -0.0754. The number of benzene rings is 1. The molecule has 0 saturated carbocycles. The lowest BCUT2D eigenvalue weighted by Gasteiger charge is -2.15. The minimum absolute atomic E-state index is 0.0878. The fourth-order valence-electron chi connectivity index (χ4n) is 1.54. The zero-order valence-electron chi connectivity index (χ0n) is 10.1. The van der Waals surface area contributed by atoms with Crippen LogP contribution in [-0.4, -0.2) is 30.4 Å². The monoisotopic (exact) mass is 274 g/mol. The standard InChI is InChI=1S/C12H15ClO5/c1-17-10-5-7(8(13)6-11(10)18-2)9(14)3-4-12(15)16/h5-6,9,14H,3-4H2,1-2H3,(H,15,16). The lowest BCUT2D eigenvalue weighted by Crippen LogP contribution is -2.04. The lowest BCUT2D eigenvalue weighted by atomic mass is 10.0. The largest absolute Gasteiger partial charge is 0.493 e. The first-order chi connectivity index (χ1) is 8.49. The highest BCUT2D eigenvalue weighted by Crippen LogP contribution is 2.36. The van der Waals surface area contributed by atoms with Gasteiger partial charge in [0.2, 0.25) is 0 Å². The van der Waals surface area contributed by atoms with Gasteiger partial charge < -0.3 is 19.7 Å². The van der Waals surface area contributed by atoms with Crippen LogP contribution in [0.3, 0.4) is 0 Å². The highest BCUT2D eigenvalue weighted by Gasteiger charge is 2.17. The SMILES string of the molecule is COc1cc(Cl)c(C(O)CCC(=O)O)cc1OC. The molecule has 18 heavy (non-hydrogen) atoms. The molecule has 0 aliphatic rings. The number of hydrogen-bond donors (Lipinski definition) is 2. The molecule has 0 radical (unpaired) electrons. The zero-order chi connectivity index (χ0) is 13.7. The van der Waals surface area contributed by atoms with Crippen LogP contribution in [0.1, 0.15) is 24.5 Å². The first-order valence-corrected chi connectivity index (χ1v) is 5.68. The van der Waals surface area contributed by atoms with Crippen molar-refractivity contribution in [3.8, 4) is 11.5 Å². The van der Waals surface area contributed by atoms with Crippen molar-refractivity contribution < 1.29 is 24.5 Å². The van der Waals surface area contributed by atoms with E-state index in [0.717, 1.165) is 0 Å². The summed E-state index contributed by atoms with van der Waals surface area (Å²) in [4.78, 5) is 10.5. The highest BCUT2D eigenvalue weighted by molar-refractivity contribution is 6.31. The van der Waals surface area contributed by atoms with Crippen molar-refractivity contribution >= 4 is 17.6 Å². The molecule has 1 aromatic carbocycles. The van der Waals surface area contributed by atoms with Gasteiger partial charge in [-0.1, -0.05) is 11.6 Å². The van der Waals surface area contributed by atoms with Crippen molar-refractivity contribution in [2.75, 3.05) is 14.2 Å². The summed E-state index contributed by atoms with van der Waals surface area (Å²) in [6.07, 6.45) is -0.996. The fourth-order valence-corrected chi connectivity index (χ4v) is 1.82. The number of rotatable bonds is 6. The van der Waals surface area contributed by atoms with Crippen LogP contribution >= 0.6 is 11.6 Å². The molecule has 1 atom stereocenters. The van der Waals surface area contributed by atoms with E-state index in [0.29, 0.717) is 22.1 Å². The fraction of sp³-hybridized carbons (Fsp3) is 0.417. The number of aliphatic hydroxyl groups is 1.